The lowest BCUT2D eigenvalue weighted by Crippen LogP contribution is -2.36. The molecular formula is C22H22N2O3. The van der Waals surface area contributed by atoms with Gasteiger partial charge in [0.25, 0.3) is 0 Å². The molecule has 1 aliphatic heterocycles. The molecule has 0 saturated heterocycles. The number of hydrogen-bond acceptors (Lipinski definition) is 4. The van der Waals surface area contributed by atoms with Gasteiger partial charge in [-0.05, 0) is 55.7 Å². The highest BCUT2D eigenvalue weighted by Gasteiger charge is 2.24. The first-order valence-electron chi connectivity index (χ1n) is 9.14. The minimum atomic E-state index is 0.0554. The number of ether oxygens (including phenoxy) is 1. The van der Waals surface area contributed by atoms with E-state index >= 15 is 0 Å². The summed E-state index contributed by atoms with van der Waals surface area (Å²) in [5.74, 6) is 2.04. The molecule has 0 bridgehead atoms. The molecule has 3 aromatic rings. The summed E-state index contributed by atoms with van der Waals surface area (Å²) < 4.78 is 11.0. The molecule has 0 fully saturated rings. The van der Waals surface area contributed by atoms with Gasteiger partial charge in [0.15, 0.2) is 0 Å². The molecule has 0 aliphatic carbocycles. The fourth-order valence-corrected chi connectivity index (χ4v) is 3.48. The van der Waals surface area contributed by atoms with E-state index in [1.165, 1.54) is 5.56 Å². The van der Waals surface area contributed by atoms with Crippen molar-refractivity contribution in [3.63, 3.8) is 0 Å². The lowest BCUT2D eigenvalue weighted by molar-refractivity contribution is -0.118. The third-order valence-electron chi connectivity index (χ3n) is 4.96. The fourth-order valence-electron chi connectivity index (χ4n) is 3.48. The van der Waals surface area contributed by atoms with Gasteiger partial charge in [-0.25, -0.2) is 4.98 Å². The van der Waals surface area contributed by atoms with E-state index in [2.05, 4.69) is 11.1 Å². The Morgan fingerprint density at radius 2 is 1.96 bits per heavy atom. The van der Waals surface area contributed by atoms with Crippen molar-refractivity contribution >= 4 is 11.6 Å². The lowest BCUT2D eigenvalue weighted by atomic mass is 10.0. The summed E-state index contributed by atoms with van der Waals surface area (Å²) >= 11 is 0. The maximum absolute atomic E-state index is 12.9. The number of methoxy groups -OCH3 is 1. The second-order valence-electron chi connectivity index (χ2n) is 6.70. The molecule has 1 aromatic heterocycles. The lowest BCUT2D eigenvalue weighted by Gasteiger charge is -2.29. The van der Waals surface area contributed by atoms with Gasteiger partial charge in [-0.1, -0.05) is 18.2 Å². The number of amides is 1. The molecule has 27 heavy (non-hydrogen) atoms. The monoisotopic (exact) mass is 362 g/mol. The second-order valence-corrected chi connectivity index (χ2v) is 6.70. The Hall–Kier alpha value is -3.08. The van der Waals surface area contributed by atoms with Crippen LogP contribution in [0.3, 0.4) is 0 Å². The number of oxazole rings is 1. The first kappa shape index (κ1) is 17.3. The molecular weight excluding hydrogens is 340 g/mol. The summed E-state index contributed by atoms with van der Waals surface area (Å²) in [7, 11) is 1.63. The van der Waals surface area contributed by atoms with Crippen molar-refractivity contribution in [3.8, 4) is 17.2 Å². The third kappa shape index (κ3) is 3.45. The Balaban J connectivity index is 1.55. The Morgan fingerprint density at radius 3 is 2.74 bits per heavy atom. The van der Waals surface area contributed by atoms with Crippen molar-refractivity contribution in [2.45, 2.75) is 26.2 Å². The number of fused-ring (bicyclic) bond motifs is 1. The van der Waals surface area contributed by atoms with Crippen LogP contribution in [0, 0.1) is 6.92 Å². The van der Waals surface area contributed by atoms with Gasteiger partial charge in [0.1, 0.15) is 11.5 Å². The molecule has 0 radical (unpaired) electrons. The Morgan fingerprint density at radius 1 is 1.19 bits per heavy atom. The van der Waals surface area contributed by atoms with Gasteiger partial charge in [0, 0.05) is 17.8 Å². The first-order chi connectivity index (χ1) is 13.2. The SMILES string of the molecule is COc1ccc(-c2nc(CC(=O)N3CCCc4ccccc43)c(C)o2)cc1. The van der Waals surface area contributed by atoms with Crippen LogP contribution in [0.2, 0.25) is 0 Å². The number of anilines is 1. The van der Waals surface area contributed by atoms with E-state index in [4.69, 9.17) is 9.15 Å². The molecule has 4 rings (SSSR count). The normalized spacial score (nSPS) is 13.3. The molecule has 0 unspecified atom stereocenters. The molecule has 0 saturated carbocycles. The summed E-state index contributed by atoms with van der Waals surface area (Å²) in [5.41, 5.74) is 3.80. The molecule has 1 amide bonds. The first-order valence-corrected chi connectivity index (χ1v) is 9.14. The Labute approximate surface area is 158 Å². The maximum Gasteiger partial charge on any atom is 0.233 e. The van der Waals surface area contributed by atoms with Crippen molar-refractivity contribution in [1.82, 2.24) is 4.98 Å². The van der Waals surface area contributed by atoms with Crippen molar-refractivity contribution in [1.29, 1.82) is 0 Å². The van der Waals surface area contributed by atoms with Crippen LogP contribution in [0.5, 0.6) is 5.75 Å². The minimum Gasteiger partial charge on any atom is -0.497 e. The molecule has 0 spiro atoms. The molecule has 1 aliphatic rings. The van der Waals surface area contributed by atoms with Gasteiger partial charge in [-0.15, -0.1) is 0 Å². The highest BCUT2D eigenvalue weighted by molar-refractivity contribution is 5.95. The fraction of sp³-hybridized carbons (Fsp3) is 0.273. The van der Waals surface area contributed by atoms with Gasteiger partial charge >= 0.3 is 0 Å². The summed E-state index contributed by atoms with van der Waals surface area (Å²) in [6.45, 7) is 2.60. The molecule has 0 N–H and O–H groups in total. The van der Waals surface area contributed by atoms with E-state index < -0.39 is 0 Å². The van der Waals surface area contributed by atoms with E-state index in [1.54, 1.807) is 7.11 Å². The average molecular weight is 362 g/mol. The number of rotatable bonds is 4. The quantitative estimate of drug-likeness (QED) is 0.699. The molecule has 2 aromatic carbocycles. The predicted molar refractivity (Wildman–Crippen MR) is 104 cm³/mol. The number of aromatic nitrogens is 1. The molecule has 0 atom stereocenters. The van der Waals surface area contributed by atoms with Crippen LogP contribution in [0.4, 0.5) is 5.69 Å². The van der Waals surface area contributed by atoms with Gasteiger partial charge in [-0.3, -0.25) is 4.79 Å². The predicted octanol–water partition coefficient (Wildman–Crippen LogP) is 4.18. The zero-order valence-corrected chi connectivity index (χ0v) is 15.6. The van der Waals surface area contributed by atoms with Crippen LogP contribution in [-0.2, 0) is 17.6 Å². The topological polar surface area (TPSA) is 55.6 Å². The van der Waals surface area contributed by atoms with Crippen molar-refractivity contribution in [2.75, 3.05) is 18.6 Å². The molecule has 5 heteroatoms. The highest BCUT2D eigenvalue weighted by atomic mass is 16.5. The molecule has 5 nitrogen and oxygen atoms in total. The number of carbonyl (C=O) groups is 1. The van der Waals surface area contributed by atoms with E-state index in [1.807, 2.05) is 54.3 Å². The highest BCUT2D eigenvalue weighted by Crippen LogP contribution is 2.28. The number of para-hydroxylation sites is 1. The second kappa shape index (κ2) is 7.27. The molecule has 138 valence electrons. The largest absolute Gasteiger partial charge is 0.497 e. The number of aryl methyl sites for hydroxylation is 2. The molecule has 2 heterocycles. The number of carbonyl (C=O) groups excluding carboxylic acids is 1. The van der Waals surface area contributed by atoms with Crippen LogP contribution >= 0.6 is 0 Å². The summed E-state index contributed by atoms with van der Waals surface area (Å²) in [6.07, 6.45) is 2.24. The van der Waals surface area contributed by atoms with Crippen molar-refractivity contribution in [3.05, 3.63) is 65.5 Å². The van der Waals surface area contributed by atoms with Crippen LogP contribution in [0.1, 0.15) is 23.4 Å². The standard InChI is InChI=1S/C22H22N2O3/c1-15-19(23-22(27-15)17-9-11-18(26-2)12-10-17)14-21(25)24-13-5-7-16-6-3-4-8-20(16)24/h3-4,6,8-12H,5,7,13-14H2,1-2H3. The van der Waals surface area contributed by atoms with E-state index in [9.17, 15) is 4.79 Å². The average Bonchev–Trinajstić information content (AvgIpc) is 3.08. The third-order valence-corrected chi connectivity index (χ3v) is 4.96. The van der Waals surface area contributed by atoms with Gasteiger partial charge in [0.05, 0.1) is 19.2 Å². The van der Waals surface area contributed by atoms with E-state index in [0.29, 0.717) is 17.3 Å². The van der Waals surface area contributed by atoms with Crippen LogP contribution in [-0.4, -0.2) is 24.5 Å². The maximum atomic E-state index is 12.9. The van der Waals surface area contributed by atoms with Gasteiger partial charge < -0.3 is 14.1 Å². The Bertz CT molecular complexity index is 960. The Kier molecular flexibility index (Phi) is 4.67. The van der Waals surface area contributed by atoms with Crippen molar-refractivity contribution < 1.29 is 13.9 Å². The smallest absolute Gasteiger partial charge is 0.233 e. The van der Waals surface area contributed by atoms with Gasteiger partial charge in [-0.2, -0.15) is 0 Å². The zero-order valence-electron chi connectivity index (χ0n) is 15.6. The number of hydrogen-bond donors (Lipinski definition) is 0. The minimum absolute atomic E-state index is 0.0554. The summed E-state index contributed by atoms with van der Waals surface area (Å²) in [4.78, 5) is 19.4. The van der Waals surface area contributed by atoms with Gasteiger partial charge in [0.2, 0.25) is 11.8 Å². The van der Waals surface area contributed by atoms with Crippen LogP contribution in [0.25, 0.3) is 11.5 Å². The number of nitrogens with zero attached hydrogens (tertiary/aromatic N) is 2. The van der Waals surface area contributed by atoms with Crippen molar-refractivity contribution in [2.24, 2.45) is 0 Å². The zero-order chi connectivity index (χ0) is 18.8. The van der Waals surface area contributed by atoms with Crippen LogP contribution in [0.15, 0.2) is 52.9 Å². The van der Waals surface area contributed by atoms with E-state index in [0.717, 1.165) is 36.4 Å². The summed E-state index contributed by atoms with van der Waals surface area (Å²) in [5, 5.41) is 0. The summed E-state index contributed by atoms with van der Waals surface area (Å²) in [6, 6.07) is 15.6. The van der Waals surface area contributed by atoms with Crippen LogP contribution < -0.4 is 9.64 Å². The van der Waals surface area contributed by atoms with E-state index in [-0.39, 0.29) is 12.3 Å². The number of benzene rings is 2.